The third kappa shape index (κ3) is 8.12. The Balaban J connectivity index is 2.79. The minimum absolute atomic E-state index is 0.188. The van der Waals surface area contributed by atoms with Gasteiger partial charge in [-0.3, -0.25) is 11.3 Å². The van der Waals surface area contributed by atoms with Gasteiger partial charge in [-0.05, 0) is 63.2 Å². The Morgan fingerprint density at radius 2 is 1.56 bits per heavy atom. The lowest BCUT2D eigenvalue weighted by Gasteiger charge is -2.47. The molecule has 3 atom stereocenters. The maximum atomic E-state index is 9.55. The van der Waals surface area contributed by atoms with E-state index in [1.807, 2.05) is 0 Å². The second kappa shape index (κ2) is 10.8. The smallest absolute Gasteiger partial charge is 0.0684 e. The lowest BCUT2D eigenvalue weighted by atomic mass is 9.57. The number of nitrogens with one attached hydrogen (secondary N) is 1. The van der Waals surface area contributed by atoms with Gasteiger partial charge < -0.3 is 0 Å². The molecule has 0 bridgehead atoms. The Kier molecular flexibility index (Phi) is 9.80. The number of rotatable bonds is 6. The van der Waals surface area contributed by atoms with Gasteiger partial charge in [0.05, 0.1) is 11.5 Å². The molecule has 1 rings (SSSR count). The molecule has 0 saturated heterocycles. The van der Waals surface area contributed by atoms with E-state index in [1.54, 1.807) is 0 Å². The zero-order valence-electron chi connectivity index (χ0n) is 19.2. The zero-order valence-corrected chi connectivity index (χ0v) is 19.2. The van der Waals surface area contributed by atoms with Gasteiger partial charge >= 0.3 is 0 Å². The summed E-state index contributed by atoms with van der Waals surface area (Å²) in [6.07, 6.45) is 15.5. The van der Waals surface area contributed by atoms with Crippen molar-refractivity contribution >= 4 is 0 Å². The normalized spacial score (nSPS) is 27.9. The van der Waals surface area contributed by atoms with Crippen LogP contribution in [0.4, 0.5) is 0 Å². The molecule has 0 aromatic heterocycles. The Morgan fingerprint density at radius 3 is 2.11 bits per heavy atom. The van der Waals surface area contributed by atoms with Gasteiger partial charge in [-0.15, -0.1) is 0 Å². The van der Waals surface area contributed by atoms with E-state index in [0.717, 1.165) is 12.3 Å². The van der Waals surface area contributed by atoms with Crippen molar-refractivity contribution < 1.29 is 0 Å². The van der Waals surface area contributed by atoms with Crippen molar-refractivity contribution in [2.24, 2.45) is 28.0 Å². The minimum Gasteiger partial charge on any atom is -0.271 e. The summed E-state index contributed by atoms with van der Waals surface area (Å²) in [6, 6.07) is 2.95. The molecule has 0 radical (unpaired) electrons. The summed E-state index contributed by atoms with van der Waals surface area (Å²) in [6.45, 7) is 13.7. The van der Waals surface area contributed by atoms with Crippen molar-refractivity contribution in [3.05, 3.63) is 0 Å². The van der Waals surface area contributed by atoms with Gasteiger partial charge in [0, 0.05) is 6.04 Å². The summed E-state index contributed by atoms with van der Waals surface area (Å²) in [5.74, 6) is 6.45. The van der Waals surface area contributed by atoms with Crippen molar-refractivity contribution in [2.75, 3.05) is 0 Å². The van der Waals surface area contributed by atoms with Crippen LogP contribution in [0.25, 0.3) is 0 Å². The van der Waals surface area contributed by atoms with Gasteiger partial charge in [0.2, 0.25) is 0 Å². The topological polar surface area (TPSA) is 61.8 Å². The number of nitriles is 1. The fraction of sp³-hybridized carbons (Fsp3) is 0.958. The molecule has 1 saturated carbocycles. The maximum absolute atomic E-state index is 9.55. The molecule has 0 heterocycles. The molecule has 27 heavy (non-hydrogen) atoms. The van der Waals surface area contributed by atoms with Gasteiger partial charge in [-0.2, -0.15) is 5.26 Å². The van der Waals surface area contributed by atoms with Crippen LogP contribution in [0.3, 0.4) is 0 Å². The third-order valence-electron chi connectivity index (χ3n) is 7.47. The highest BCUT2D eigenvalue weighted by molar-refractivity contribution is 5.00. The molecule has 3 N–H and O–H groups in total. The van der Waals surface area contributed by atoms with Crippen molar-refractivity contribution in [1.82, 2.24) is 5.43 Å². The lowest BCUT2D eigenvalue weighted by molar-refractivity contribution is 0.0285. The molecule has 158 valence electrons. The molecule has 0 aromatic rings. The molecule has 0 aliphatic heterocycles. The van der Waals surface area contributed by atoms with Gasteiger partial charge in [-0.25, -0.2) is 0 Å². The maximum Gasteiger partial charge on any atom is 0.0684 e. The Morgan fingerprint density at radius 1 is 1.04 bits per heavy atom. The first-order chi connectivity index (χ1) is 12.6. The molecule has 0 spiro atoms. The largest absolute Gasteiger partial charge is 0.271 e. The van der Waals surface area contributed by atoms with Crippen LogP contribution in [0.5, 0.6) is 0 Å². The first kappa shape index (κ1) is 24.4. The number of hydrogen-bond donors (Lipinski definition) is 2. The minimum atomic E-state index is -0.243. The summed E-state index contributed by atoms with van der Waals surface area (Å²) in [5.41, 5.74) is 3.20. The molecule has 0 aromatic carbocycles. The number of nitrogens with zero attached hydrogens (tertiary/aromatic N) is 1. The van der Waals surface area contributed by atoms with E-state index in [2.05, 4.69) is 53.0 Å². The lowest BCUT2D eigenvalue weighted by Crippen LogP contribution is -2.38. The number of hydrazine groups is 1. The average molecular weight is 378 g/mol. The number of hydrogen-bond acceptors (Lipinski definition) is 3. The quantitative estimate of drug-likeness (QED) is 0.398. The van der Waals surface area contributed by atoms with Crippen LogP contribution in [0.15, 0.2) is 0 Å². The first-order valence-corrected chi connectivity index (χ1v) is 11.4. The molecule has 3 heteroatoms. The Bertz CT molecular complexity index is 463. The summed E-state index contributed by atoms with van der Waals surface area (Å²) in [7, 11) is 0. The standard InChI is InChI=1S/C24H47N3/c1-20(27-26)17-21-13-9-7-8-11-15-24(6,16-12-10-14-21)23(4,5)18-22(2,3)19-25/h20-21,27H,7-18,26H2,1-6H3. The Hall–Kier alpha value is -0.590. The van der Waals surface area contributed by atoms with Crippen molar-refractivity contribution in [2.45, 2.75) is 125 Å². The van der Waals surface area contributed by atoms with Crippen LogP contribution in [0.2, 0.25) is 0 Å². The predicted molar refractivity (Wildman–Crippen MR) is 117 cm³/mol. The van der Waals surface area contributed by atoms with Crippen LogP contribution in [-0.2, 0) is 0 Å². The van der Waals surface area contributed by atoms with Gasteiger partial charge in [0.1, 0.15) is 0 Å². The average Bonchev–Trinajstić information content (AvgIpc) is 2.58. The van der Waals surface area contributed by atoms with E-state index in [-0.39, 0.29) is 10.8 Å². The summed E-state index contributed by atoms with van der Waals surface area (Å²) in [5, 5.41) is 9.55. The molecular weight excluding hydrogens is 330 g/mol. The highest BCUT2D eigenvalue weighted by Crippen LogP contribution is 2.52. The van der Waals surface area contributed by atoms with E-state index in [1.165, 1.54) is 70.6 Å². The fourth-order valence-electron chi connectivity index (χ4n) is 5.36. The predicted octanol–water partition coefficient (Wildman–Crippen LogP) is 6.73. The van der Waals surface area contributed by atoms with Crippen LogP contribution in [0, 0.1) is 33.5 Å². The monoisotopic (exact) mass is 377 g/mol. The summed E-state index contributed by atoms with van der Waals surface area (Å²) < 4.78 is 0. The van der Waals surface area contributed by atoms with E-state index in [9.17, 15) is 5.26 Å². The van der Waals surface area contributed by atoms with Gasteiger partial charge in [0.15, 0.2) is 0 Å². The van der Waals surface area contributed by atoms with E-state index in [4.69, 9.17) is 5.84 Å². The first-order valence-electron chi connectivity index (χ1n) is 11.4. The third-order valence-corrected chi connectivity index (χ3v) is 7.47. The second-order valence-corrected chi connectivity index (χ2v) is 11.0. The van der Waals surface area contributed by atoms with Crippen molar-refractivity contribution in [3.8, 4) is 6.07 Å². The highest BCUT2D eigenvalue weighted by atomic mass is 15.2. The van der Waals surface area contributed by atoms with Crippen LogP contribution >= 0.6 is 0 Å². The molecular formula is C24H47N3. The van der Waals surface area contributed by atoms with E-state index in [0.29, 0.717) is 11.5 Å². The molecule has 1 aliphatic carbocycles. The molecule has 3 unspecified atom stereocenters. The van der Waals surface area contributed by atoms with Gasteiger partial charge in [-0.1, -0.05) is 72.1 Å². The SMILES string of the molecule is CC(CC1CCCCCCC(C)(C(C)(C)CC(C)(C)C#N)CCCC1)NN. The van der Waals surface area contributed by atoms with E-state index < -0.39 is 0 Å². The van der Waals surface area contributed by atoms with Crippen molar-refractivity contribution in [1.29, 1.82) is 5.26 Å². The van der Waals surface area contributed by atoms with Gasteiger partial charge in [0.25, 0.3) is 0 Å². The molecule has 1 aliphatic rings. The van der Waals surface area contributed by atoms with Crippen LogP contribution in [-0.4, -0.2) is 6.04 Å². The molecule has 1 fully saturated rings. The van der Waals surface area contributed by atoms with E-state index >= 15 is 0 Å². The summed E-state index contributed by atoms with van der Waals surface area (Å²) >= 11 is 0. The second-order valence-electron chi connectivity index (χ2n) is 11.0. The van der Waals surface area contributed by atoms with Crippen LogP contribution < -0.4 is 11.3 Å². The van der Waals surface area contributed by atoms with Crippen molar-refractivity contribution in [3.63, 3.8) is 0 Å². The zero-order chi connectivity index (χ0) is 20.6. The molecule has 3 nitrogen and oxygen atoms in total. The van der Waals surface area contributed by atoms with Crippen LogP contribution in [0.1, 0.15) is 119 Å². The summed E-state index contributed by atoms with van der Waals surface area (Å²) in [4.78, 5) is 0. The molecule has 0 amide bonds. The number of nitrogens with two attached hydrogens (primary N) is 1. The highest BCUT2D eigenvalue weighted by Gasteiger charge is 2.43. The fourth-order valence-corrected chi connectivity index (χ4v) is 5.36. The Labute approximate surface area is 169 Å².